The Morgan fingerprint density at radius 1 is 1.09 bits per heavy atom. The minimum atomic E-state index is -0.621. The Balaban J connectivity index is 1.85. The van der Waals surface area contributed by atoms with Crippen molar-refractivity contribution in [2.75, 3.05) is 20.3 Å². The van der Waals surface area contributed by atoms with Gasteiger partial charge in [-0.05, 0) is 42.8 Å². The third kappa shape index (κ3) is 4.15. The van der Waals surface area contributed by atoms with Crippen molar-refractivity contribution in [1.29, 1.82) is 0 Å². The summed E-state index contributed by atoms with van der Waals surface area (Å²) in [7, 11) is 1.48. The zero-order chi connectivity index (χ0) is 15.9. The lowest BCUT2D eigenvalue weighted by Gasteiger charge is -2.09. The van der Waals surface area contributed by atoms with Gasteiger partial charge in [0.1, 0.15) is 36.0 Å². The average Bonchev–Trinajstić information content (AvgIpc) is 2.52. The van der Waals surface area contributed by atoms with Crippen molar-refractivity contribution < 1.29 is 24.1 Å². The SMILES string of the molecule is COc1ccc(O)c(C(=O)OCCOc2cccc(C)c2)c1. The van der Waals surface area contributed by atoms with E-state index in [1.54, 1.807) is 6.07 Å². The fourth-order valence-corrected chi connectivity index (χ4v) is 1.88. The number of ether oxygens (including phenoxy) is 3. The summed E-state index contributed by atoms with van der Waals surface area (Å²) in [6, 6.07) is 12.0. The largest absolute Gasteiger partial charge is 0.507 e. The lowest BCUT2D eigenvalue weighted by atomic mass is 10.2. The van der Waals surface area contributed by atoms with Gasteiger partial charge in [0.05, 0.1) is 7.11 Å². The summed E-state index contributed by atoms with van der Waals surface area (Å²) in [6.07, 6.45) is 0. The number of rotatable bonds is 6. The third-order valence-electron chi connectivity index (χ3n) is 3.00. The molecule has 0 bridgehead atoms. The fourth-order valence-electron chi connectivity index (χ4n) is 1.88. The predicted molar refractivity (Wildman–Crippen MR) is 81.6 cm³/mol. The van der Waals surface area contributed by atoms with Gasteiger partial charge < -0.3 is 19.3 Å². The molecule has 22 heavy (non-hydrogen) atoms. The molecule has 0 radical (unpaired) electrons. The highest BCUT2D eigenvalue weighted by atomic mass is 16.6. The van der Waals surface area contributed by atoms with Crippen LogP contribution in [0.15, 0.2) is 42.5 Å². The van der Waals surface area contributed by atoms with Gasteiger partial charge >= 0.3 is 5.97 Å². The third-order valence-corrected chi connectivity index (χ3v) is 3.00. The second kappa shape index (κ2) is 7.36. The highest BCUT2D eigenvalue weighted by molar-refractivity contribution is 5.92. The van der Waals surface area contributed by atoms with E-state index in [9.17, 15) is 9.90 Å². The van der Waals surface area contributed by atoms with E-state index >= 15 is 0 Å². The molecule has 0 aromatic heterocycles. The Labute approximate surface area is 129 Å². The molecule has 0 aliphatic carbocycles. The van der Waals surface area contributed by atoms with Crippen LogP contribution in [0.5, 0.6) is 17.2 Å². The van der Waals surface area contributed by atoms with E-state index in [0.717, 1.165) is 11.3 Å². The number of aromatic hydroxyl groups is 1. The standard InChI is InChI=1S/C17H18O5/c1-12-4-3-5-14(10-12)21-8-9-22-17(19)15-11-13(20-2)6-7-16(15)18/h3-7,10-11,18H,8-9H2,1-2H3. The number of phenols is 1. The monoisotopic (exact) mass is 302 g/mol. The van der Waals surface area contributed by atoms with Crippen LogP contribution in [0.25, 0.3) is 0 Å². The van der Waals surface area contributed by atoms with Crippen LogP contribution in [0.2, 0.25) is 0 Å². The molecule has 2 aromatic carbocycles. The number of esters is 1. The molecular weight excluding hydrogens is 284 g/mol. The first-order valence-electron chi connectivity index (χ1n) is 6.84. The highest BCUT2D eigenvalue weighted by Gasteiger charge is 2.13. The van der Waals surface area contributed by atoms with Gasteiger partial charge in [-0.1, -0.05) is 12.1 Å². The molecule has 0 heterocycles. The molecule has 5 heteroatoms. The molecule has 2 rings (SSSR count). The Morgan fingerprint density at radius 3 is 2.64 bits per heavy atom. The van der Waals surface area contributed by atoms with Crippen molar-refractivity contribution >= 4 is 5.97 Å². The predicted octanol–water partition coefficient (Wildman–Crippen LogP) is 2.95. The number of aryl methyl sites for hydroxylation is 1. The smallest absolute Gasteiger partial charge is 0.342 e. The number of carbonyl (C=O) groups excluding carboxylic acids is 1. The number of hydrogen-bond acceptors (Lipinski definition) is 5. The molecular formula is C17H18O5. The van der Waals surface area contributed by atoms with E-state index in [-0.39, 0.29) is 24.5 Å². The van der Waals surface area contributed by atoms with Crippen LogP contribution < -0.4 is 9.47 Å². The summed E-state index contributed by atoms with van der Waals surface area (Å²) in [5, 5.41) is 9.68. The molecule has 0 aliphatic rings. The van der Waals surface area contributed by atoms with Gasteiger partial charge in [-0.3, -0.25) is 0 Å². The number of phenolic OH excluding ortho intramolecular Hbond substituents is 1. The maximum absolute atomic E-state index is 11.9. The van der Waals surface area contributed by atoms with Crippen LogP contribution in [0.3, 0.4) is 0 Å². The first-order chi connectivity index (χ1) is 10.6. The minimum Gasteiger partial charge on any atom is -0.507 e. The van der Waals surface area contributed by atoms with Crippen molar-refractivity contribution in [2.45, 2.75) is 6.92 Å². The molecule has 0 fully saturated rings. The summed E-state index contributed by atoms with van der Waals surface area (Å²) in [5.41, 5.74) is 1.16. The van der Waals surface area contributed by atoms with Crippen LogP contribution in [0.4, 0.5) is 0 Å². The summed E-state index contributed by atoms with van der Waals surface area (Å²) in [5.74, 6) is 0.427. The Bertz CT molecular complexity index is 651. The molecule has 5 nitrogen and oxygen atoms in total. The molecule has 0 saturated carbocycles. The van der Waals surface area contributed by atoms with Gasteiger partial charge in [0, 0.05) is 0 Å². The number of benzene rings is 2. The second-order valence-electron chi connectivity index (χ2n) is 4.68. The van der Waals surface area contributed by atoms with E-state index < -0.39 is 5.97 Å². The molecule has 0 amide bonds. The van der Waals surface area contributed by atoms with Crippen molar-refractivity contribution in [2.24, 2.45) is 0 Å². The lowest BCUT2D eigenvalue weighted by molar-refractivity contribution is 0.0447. The topological polar surface area (TPSA) is 65.0 Å². The summed E-state index contributed by atoms with van der Waals surface area (Å²) in [6.45, 7) is 2.29. The van der Waals surface area contributed by atoms with Gasteiger partial charge in [0.2, 0.25) is 0 Å². The summed E-state index contributed by atoms with van der Waals surface area (Å²) in [4.78, 5) is 11.9. The maximum Gasteiger partial charge on any atom is 0.342 e. The molecule has 2 aromatic rings. The first kappa shape index (κ1) is 15.7. The highest BCUT2D eigenvalue weighted by Crippen LogP contribution is 2.23. The first-order valence-corrected chi connectivity index (χ1v) is 6.84. The maximum atomic E-state index is 11.9. The Morgan fingerprint density at radius 2 is 1.91 bits per heavy atom. The molecule has 0 spiro atoms. The summed E-state index contributed by atoms with van der Waals surface area (Å²) >= 11 is 0. The van der Waals surface area contributed by atoms with E-state index in [2.05, 4.69) is 0 Å². The van der Waals surface area contributed by atoms with Gasteiger partial charge in [0.25, 0.3) is 0 Å². The fraction of sp³-hybridized carbons (Fsp3) is 0.235. The quantitative estimate of drug-likeness (QED) is 0.656. The van der Waals surface area contributed by atoms with Crippen molar-refractivity contribution in [3.05, 3.63) is 53.6 Å². The average molecular weight is 302 g/mol. The molecule has 0 saturated heterocycles. The van der Waals surface area contributed by atoms with E-state index in [4.69, 9.17) is 14.2 Å². The number of carbonyl (C=O) groups is 1. The van der Waals surface area contributed by atoms with Gasteiger partial charge in [-0.25, -0.2) is 4.79 Å². The molecule has 0 aliphatic heterocycles. The minimum absolute atomic E-state index is 0.0647. The van der Waals surface area contributed by atoms with Gasteiger partial charge in [-0.2, -0.15) is 0 Å². The van der Waals surface area contributed by atoms with Crippen LogP contribution in [0.1, 0.15) is 15.9 Å². The molecule has 1 N–H and O–H groups in total. The van der Waals surface area contributed by atoms with E-state index in [1.165, 1.54) is 19.2 Å². The van der Waals surface area contributed by atoms with E-state index in [0.29, 0.717) is 5.75 Å². The molecule has 0 atom stereocenters. The molecule has 116 valence electrons. The zero-order valence-corrected chi connectivity index (χ0v) is 12.5. The van der Waals surface area contributed by atoms with Gasteiger partial charge in [-0.15, -0.1) is 0 Å². The summed E-state index contributed by atoms with van der Waals surface area (Å²) < 4.78 is 15.6. The lowest BCUT2D eigenvalue weighted by Crippen LogP contribution is -2.12. The Kier molecular flexibility index (Phi) is 5.25. The molecule has 0 unspecified atom stereocenters. The Hall–Kier alpha value is -2.69. The van der Waals surface area contributed by atoms with Gasteiger partial charge in [0.15, 0.2) is 0 Å². The van der Waals surface area contributed by atoms with E-state index in [1.807, 2.05) is 31.2 Å². The van der Waals surface area contributed by atoms with Crippen molar-refractivity contribution in [3.8, 4) is 17.2 Å². The zero-order valence-electron chi connectivity index (χ0n) is 12.5. The van der Waals surface area contributed by atoms with Crippen LogP contribution in [0, 0.1) is 6.92 Å². The normalized spacial score (nSPS) is 10.1. The second-order valence-corrected chi connectivity index (χ2v) is 4.68. The number of methoxy groups -OCH3 is 1. The van der Waals surface area contributed by atoms with Crippen molar-refractivity contribution in [3.63, 3.8) is 0 Å². The van der Waals surface area contributed by atoms with Crippen LogP contribution in [-0.2, 0) is 4.74 Å². The van der Waals surface area contributed by atoms with Crippen LogP contribution >= 0.6 is 0 Å². The van der Waals surface area contributed by atoms with Crippen LogP contribution in [-0.4, -0.2) is 31.4 Å². The number of hydrogen-bond donors (Lipinski definition) is 1. The van der Waals surface area contributed by atoms with Crippen molar-refractivity contribution in [1.82, 2.24) is 0 Å².